The monoisotopic (exact) mass is 505 g/mol. The number of piperazine rings is 1. The first-order chi connectivity index (χ1) is 18.0. The van der Waals surface area contributed by atoms with Crippen LogP contribution in [0.1, 0.15) is 53.2 Å². The molecule has 2 heterocycles. The van der Waals surface area contributed by atoms with Gasteiger partial charge in [0.2, 0.25) is 5.91 Å². The van der Waals surface area contributed by atoms with Crippen molar-refractivity contribution in [2.45, 2.75) is 51.9 Å². The van der Waals surface area contributed by atoms with Crippen molar-refractivity contribution in [3.63, 3.8) is 0 Å². The molecule has 0 radical (unpaired) electrons. The average Bonchev–Trinajstić information content (AvgIpc) is 3.73. The summed E-state index contributed by atoms with van der Waals surface area (Å²) in [6, 6.07) is 13.3. The Morgan fingerprint density at radius 2 is 1.70 bits per heavy atom. The second kappa shape index (κ2) is 10.9. The highest BCUT2D eigenvalue weighted by atomic mass is 16.5. The van der Waals surface area contributed by atoms with Crippen LogP contribution in [0.5, 0.6) is 5.75 Å². The van der Waals surface area contributed by atoms with Crippen molar-refractivity contribution in [2.75, 3.05) is 33.3 Å². The smallest absolute Gasteiger partial charge is 0.328 e. The van der Waals surface area contributed by atoms with Crippen LogP contribution in [0.3, 0.4) is 0 Å². The number of amides is 2. The van der Waals surface area contributed by atoms with E-state index in [1.165, 1.54) is 12.7 Å². The summed E-state index contributed by atoms with van der Waals surface area (Å²) in [5.74, 6) is 0.736. The Bertz CT molecular complexity index is 1150. The summed E-state index contributed by atoms with van der Waals surface area (Å²) in [5.41, 5.74) is 3.67. The standard InChI is InChI=1S/C29H35N3O5/c1-3-25(29(35)36-2)32-18-24-23(28(32)34)5-4-6-26(24)37-19-21-9-7-20(8-10-21)17-30-13-15-31(16-14-30)27(33)22-11-12-22/h4-10,22,25H,3,11-19H2,1-2H3. The summed E-state index contributed by atoms with van der Waals surface area (Å²) >= 11 is 0. The molecular weight excluding hydrogens is 470 g/mol. The van der Waals surface area contributed by atoms with Gasteiger partial charge in [0.1, 0.15) is 18.4 Å². The molecule has 1 atom stereocenters. The molecule has 37 heavy (non-hydrogen) atoms. The van der Waals surface area contributed by atoms with Crippen molar-refractivity contribution in [2.24, 2.45) is 5.92 Å². The fraction of sp³-hybridized carbons (Fsp3) is 0.483. The molecule has 2 amide bonds. The first-order valence-electron chi connectivity index (χ1n) is 13.2. The second-order valence-corrected chi connectivity index (χ2v) is 10.1. The number of hydrogen-bond donors (Lipinski definition) is 0. The maximum absolute atomic E-state index is 13.0. The third-order valence-electron chi connectivity index (χ3n) is 7.62. The lowest BCUT2D eigenvalue weighted by atomic mass is 10.1. The van der Waals surface area contributed by atoms with Gasteiger partial charge in [0.25, 0.3) is 5.91 Å². The lowest BCUT2D eigenvalue weighted by Gasteiger charge is -2.35. The molecule has 1 saturated carbocycles. The van der Waals surface area contributed by atoms with E-state index in [-0.39, 0.29) is 5.91 Å². The molecule has 0 bridgehead atoms. The number of fused-ring (bicyclic) bond motifs is 1. The van der Waals surface area contributed by atoms with E-state index in [9.17, 15) is 14.4 Å². The van der Waals surface area contributed by atoms with Gasteiger partial charge in [-0.15, -0.1) is 0 Å². The van der Waals surface area contributed by atoms with Crippen LogP contribution in [0, 0.1) is 5.92 Å². The normalized spacial score (nSPS) is 18.5. The second-order valence-electron chi connectivity index (χ2n) is 10.1. The average molecular weight is 506 g/mol. The van der Waals surface area contributed by atoms with Gasteiger partial charge >= 0.3 is 5.97 Å². The van der Waals surface area contributed by atoms with Crippen LogP contribution in [-0.2, 0) is 34.0 Å². The van der Waals surface area contributed by atoms with Crippen molar-refractivity contribution in [1.82, 2.24) is 14.7 Å². The number of nitrogens with zero attached hydrogens (tertiary/aromatic N) is 3. The maximum atomic E-state index is 13.0. The van der Waals surface area contributed by atoms with E-state index in [1.54, 1.807) is 11.0 Å². The van der Waals surface area contributed by atoms with Gasteiger partial charge in [-0.1, -0.05) is 37.3 Å². The number of esters is 1. The lowest BCUT2D eigenvalue weighted by molar-refractivity contribution is -0.146. The van der Waals surface area contributed by atoms with Gasteiger partial charge < -0.3 is 19.3 Å². The molecule has 2 fully saturated rings. The van der Waals surface area contributed by atoms with Crippen LogP contribution in [0.4, 0.5) is 0 Å². The zero-order valence-electron chi connectivity index (χ0n) is 21.7. The van der Waals surface area contributed by atoms with Crippen molar-refractivity contribution in [3.8, 4) is 5.75 Å². The molecule has 1 saturated heterocycles. The van der Waals surface area contributed by atoms with E-state index in [0.717, 1.165) is 56.7 Å². The van der Waals surface area contributed by atoms with E-state index in [2.05, 4.69) is 29.2 Å². The van der Waals surface area contributed by atoms with Crippen LogP contribution in [0.25, 0.3) is 0 Å². The van der Waals surface area contributed by atoms with Gasteiger partial charge in [-0.3, -0.25) is 14.5 Å². The summed E-state index contributed by atoms with van der Waals surface area (Å²) in [7, 11) is 1.34. The minimum Gasteiger partial charge on any atom is -0.489 e. The Labute approximate surface area is 218 Å². The molecule has 1 aliphatic carbocycles. The zero-order valence-corrected chi connectivity index (χ0v) is 21.7. The first-order valence-corrected chi connectivity index (χ1v) is 13.2. The van der Waals surface area contributed by atoms with E-state index in [0.29, 0.717) is 42.7 Å². The molecule has 0 aromatic heterocycles. The molecule has 2 aliphatic heterocycles. The van der Waals surface area contributed by atoms with Crippen molar-refractivity contribution >= 4 is 17.8 Å². The summed E-state index contributed by atoms with van der Waals surface area (Å²) < 4.78 is 11.0. The Hall–Kier alpha value is -3.39. The molecule has 5 rings (SSSR count). The topological polar surface area (TPSA) is 79.4 Å². The number of benzene rings is 2. The van der Waals surface area contributed by atoms with E-state index in [1.807, 2.05) is 24.0 Å². The molecule has 8 heteroatoms. The van der Waals surface area contributed by atoms with Gasteiger partial charge in [-0.05, 0) is 42.5 Å². The van der Waals surface area contributed by atoms with Crippen LogP contribution < -0.4 is 4.74 Å². The fourth-order valence-corrected chi connectivity index (χ4v) is 5.24. The highest BCUT2D eigenvalue weighted by Crippen LogP contribution is 2.33. The molecule has 8 nitrogen and oxygen atoms in total. The zero-order chi connectivity index (χ0) is 25.9. The molecule has 2 aromatic rings. The minimum absolute atomic E-state index is 0.167. The molecule has 196 valence electrons. The number of carbonyl (C=O) groups excluding carboxylic acids is 3. The van der Waals surface area contributed by atoms with E-state index in [4.69, 9.17) is 9.47 Å². The summed E-state index contributed by atoms with van der Waals surface area (Å²) in [5, 5.41) is 0. The molecule has 0 N–H and O–H groups in total. The maximum Gasteiger partial charge on any atom is 0.328 e. The Kier molecular flexibility index (Phi) is 7.46. The summed E-state index contributed by atoms with van der Waals surface area (Å²) in [6.07, 6.45) is 2.61. The number of hydrogen-bond acceptors (Lipinski definition) is 6. The third-order valence-corrected chi connectivity index (χ3v) is 7.62. The number of ether oxygens (including phenoxy) is 2. The van der Waals surface area contributed by atoms with Gasteiger partial charge in [0, 0.05) is 49.8 Å². The quantitative estimate of drug-likeness (QED) is 0.487. The van der Waals surface area contributed by atoms with Crippen LogP contribution >= 0.6 is 0 Å². The molecule has 0 spiro atoms. The fourth-order valence-electron chi connectivity index (χ4n) is 5.24. The Morgan fingerprint density at radius 1 is 1.00 bits per heavy atom. The van der Waals surface area contributed by atoms with Gasteiger partial charge in [0.05, 0.1) is 13.7 Å². The number of methoxy groups -OCH3 is 1. The highest BCUT2D eigenvalue weighted by molar-refractivity contribution is 6.01. The van der Waals surface area contributed by atoms with E-state index >= 15 is 0 Å². The van der Waals surface area contributed by atoms with Crippen LogP contribution in [0.2, 0.25) is 0 Å². The number of carbonyl (C=O) groups is 3. The highest BCUT2D eigenvalue weighted by Gasteiger charge is 2.37. The Morgan fingerprint density at radius 3 is 2.35 bits per heavy atom. The molecule has 1 unspecified atom stereocenters. The van der Waals surface area contributed by atoms with E-state index < -0.39 is 12.0 Å². The summed E-state index contributed by atoms with van der Waals surface area (Å²) in [6.45, 7) is 6.92. The predicted molar refractivity (Wildman–Crippen MR) is 138 cm³/mol. The van der Waals surface area contributed by atoms with Gasteiger partial charge in [0.15, 0.2) is 0 Å². The minimum atomic E-state index is -0.605. The SMILES string of the molecule is CCC(C(=O)OC)N1Cc2c(OCc3ccc(CN4CCN(C(=O)C5CC5)CC4)cc3)cccc2C1=O. The van der Waals surface area contributed by atoms with Crippen molar-refractivity contribution in [3.05, 3.63) is 64.7 Å². The third kappa shape index (κ3) is 5.49. The molecular formula is C29H35N3O5. The Balaban J connectivity index is 1.15. The number of rotatable bonds is 9. The van der Waals surface area contributed by atoms with Crippen molar-refractivity contribution < 1.29 is 23.9 Å². The largest absolute Gasteiger partial charge is 0.489 e. The molecule has 2 aromatic carbocycles. The van der Waals surface area contributed by atoms with Crippen LogP contribution in [0.15, 0.2) is 42.5 Å². The summed E-state index contributed by atoms with van der Waals surface area (Å²) in [4.78, 5) is 43.4. The van der Waals surface area contributed by atoms with Crippen molar-refractivity contribution in [1.29, 1.82) is 0 Å². The van der Waals surface area contributed by atoms with Gasteiger partial charge in [-0.2, -0.15) is 0 Å². The predicted octanol–water partition coefficient (Wildman–Crippen LogP) is 3.23. The molecule has 3 aliphatic rings. The first kappa shape index (κ1) is 25.3. The lowest BCUT2D eigenvalue weighted by Crippen LogP contribution is -2.48. The van der Waals surface area contributed by atoms with Crippen LogP contribution in [-0.4, -0.2) is 71.8 Å². The van der Waals surface area contributed by atoms with Gasteiger partial charge in [-0.25, -0.2) is 4.79 Å².